The Bertz CT molecular complexity index is 208. The third-order valence-electron chi connectivity index (χ3n) is 3.32. The number of hydrogen-bond acceptors (Lipinski definition) is 2. The van der Waals surface area contributed by atoms with Gasteiger partial charge in [0, 0.05) is 5.54 Å². The molecule has 1 rings (SSSR count). The highest BCUT2D eigenvalue weighted by atomic mass is 16.1. The van der Waals surface area contributed by atoms with Crippen LogP contribution in [0.1, 0.15) is 52.4 Å². The molecular weight excluding hydrogens is 188 g/mol. The first kappa shape index (κ1) is 12.5. The first-order valence-electron chi connectivity index (χ1n) is 6.04. The van der Waals surface area contributed by atoms with E-state index in [-0.39, 0.29) is 18.0 Å². The van der Waals surface area contributed by atoms with Crippen LogP contribution in [0.2, 0.25) is 0 Å². The van der Waals surface area contributed by atoms with E-state index >= 15 is 0 Å². The summed E-state index contributed by atoms with van der Waals surface area (Å²) in [6, 6.07) is 0. The minimum atomic E-state index is -0.0982. The van der Waals surface area contributed by atoms with Gasteiger partial charge in [-0.25, -0.2) is 0 Å². The van der Waals surface area contributed by atoms with Gasteiger partial charge in [-0.3, -0.25) is 4.79 Å². The Morgan fingerprint density at radius 2 is 2.00 bits per heavy atom. The Labute approximate surface area is 92.8 Å². The van der Waals surface area contributed by atoms with Crippen LogP contribution in [0.3, 0.4) is 0 Å². The van der Waals surface area contributed by atoms with Gasteiger partial charge in [-0.05, 0) is 32.6 Å². The van der Waals surface area contributed by atoms with E-state index in [0.717, 1.165) is 12.3 Å². The van der Waals surface area contributed by atoms with Crippen LogP contribution in [0, 0.1) is 5.92 Å². The third-order valence-corrected chi connectivity index (χ3v) is 3.32. The highest BCUT2D eigenvalue weighted by molar-refractivity contribution is 5.78. The molecule has 0 aromatic heterocycles. The zero-order chi connectivity index (χ0) is 11.3. The predicted octanol–water partition coefficient (Wildman–Crippen LogP) is 1.81. The van der Waals surface area contributed by atoms with Gasteiger partial charge in [0.25, 0.3) is 0 Å². The van der Waals surface area contributed by atoms with E-state index in [0.29, 0.717) is 0 Å². The molecule has 0 radical (unpaired) electrons. The van der Waals surface area contributed by atoms with E-state index in [1.165, 1.54) is 32.1 Å². The summed E-state index contributed by atoms with van der Waals surface area (Å²) in [6.45, 7) is 4.25. The van der Waals surface area contributed by atoms with Crippen molar-refractivity contribution < 1.29 is 4.79 Å². The van der Waals surface area contributed by atoms with Crippen LogP contribution >= 0.6 is 0 Å². The van der Waals surface area contributed by atoms with E-state index in [4.69, 9.17) is 5.73 Å². The fourth-order valence-electron chi connectivity index (χ4n) is 2.35. The van der Waals surface area contributed by atoms with Gasteiger partial charge in [0.1, 0.15) is 0 Å². The van der Waals surface area contributed by atoms with Gasteiger partial charge < -0.3 is 11.1 Å². The standard InChI is InChI=1S/C12H24N2O/c1-12(2,14-11(15)9-13)8-7-10-5-3-4-6-10/h10H,3-9,13H2,1-2H3,(H,14,15). The summed E-state index contributed by atoms with van der Waals surface area (Å²) in [7, 11) is 0. The van der Waals surface area contributed by atoms with Crippen LogP contribution in [0.15, 0.2) is 0 Å². The summed E-state index contributed by atoms with van der Waals surface area (Å²) in [6.07, 6.45) is 7.82. The molecule has 0 heterocycles. The quantitative estimate of drug-likeness (QED) is 0.730. The van der Waals surface area contributed by atoms with Gasteiger partial charge in [0.05, 0.1) is 6.54 Å². The number of nitrogens with two attached hydrogens (primary N) is 1. The molecule has 0 aromatic carbocycles. The molecule has 3 nitrogen and oxygen atoms in total. The van der Waals surface area contributed by atoms with E-state index in [1.54, 1.807) is 0 Å². The molecule has 0 saturated heterocycles. The lowest BCUT2D eigenvalue weighted by Gasteiger charge is -2.27. The molecule has 15 heavy (non-hydrogen) atoms. The summed E-state index contributed by atoms with van der Waals surface area (Å²) in [4.78, 5) is 11.2. The van der Waals surface area contributed by atoms with Crippen molar-refractivity contribution in [3.8, 4) is 0 Å². The van der Waals surface area contributed by atoms with Gasteiger partial charge in [-0.2, -0.15) is 0 Å². The fraction of sp³-hybridized carbons (Fsp3) is 0.917. The monoisotopic (exact) mass is 212 g/mol. The molecule has 1 aliphatic rings. The zero-order valence-electron chi connectivity index (χ0n) is 10.0. The van der Waals surface area contributed by atoms with E-state index in [1.807, 2.05) is 0 Å². The summed E-state index contributed by atoms with van der Waals surface area (Å²) in [5.41, 5.74) is 5.19. The summed E-state index contributed by atoms with van der Waals surface area (Å²) < 4.78 is 0. The highest BCUT2D eigenvalue weighted by Crippen LogP contribution is 2.30. The number of amides is 1. The molecule has 0 bridgehead atoms. The van der Waals surface area contributed by atoms with Crippen molar-refractivity contribution in [2.24, 2.45) is 11.7 Å². The molecule has 1 fully saturated rings. The van der Waals surface area contributed by atoms with Gasteiger partial charge in [-0.1, -0.05) is 25.7 Å². The molecule has 1 amide bonds. The average molecular weight is 212 g/mol. The molecule has 0 atom stereocenters. The first-order chi connectivity index (χ1) is 7.03. The highest BCUT2D eigenvalue weighted by Gasteiger charge is 2.23. The maximum Gasteiger partial charge on any atom is 0.234 e. The third kappa shape index (κ3) is 4.65. The Morgan fingerprint density at radius 1 is 1.40 bits per heavy atom. The summed E-state index contributed by atoms with van der Waals surface area (Å²) >= 11 is 0. The fourth-order valence-corrected chi connectivity index (χ4v) is 2.35. The van der Waals surface area contributed by atoms with Gasteiger partial charge >= 0.3 is 0 Å². The number of carbonyl (C=O) groups excluding carboxylic acids is 1. The lowest BCUT2D eigenvalue weighted by molar-refractivity contribution is -0.121. The van der Waals surface area contributed by atoms with Crippen LogP contribution in [0.4, 0.5) is 0 Å². The SMILES string of the molecule is CC(C)(CCC1CCCC1)NC(=O)CN. The van der Waals surface area contributed by atoms with E-state index < -0.39 is 0 Å². The van der Waals surface area contributed by atoms with Crippen LogP contribution in [-0.2, 0) is 4.79 Å². The molecule has 3 N–H and O–H groups in total. The molecule has 0 aromatic rings. The molecular formula is C12H24N2O. The second-order valence-corrected chi connectivity index (χ2v) is 5.33. The molecule has 1 aliphatic carbocycles. The van der Waals surface area contributed by atoms with Crippen molar-refractivity contribution in [1.29, 1.82) is 0 Å². The molecule has 0 unspecified atom stereocenters. The molecule has 88 valence electrons. The Kier molecular flexibility index (Phi) is 4.58. The molecule has 0 spiro atoms. The maximum atomic E-state index is 11.2. The first-order valence-corrected chi connectivity index (χ1v) is 6.04. The van der Waals surface area contributed by atoms with Crippen LogP contribution in [-0.4, -0.2) is 18.0 Å². The number of nitrogens with one attached hydrogen (secondary N) is 1. The van der Waals surface area contributed by atoms with Crippen molar-refractivity contribution >= 4 is 5.91 Å². The van der Waals surface area contributed by atoms with Crippen molar-refractivity contribution in [2.75, 3.05) is 6.54 Å². The Morgan fingerprint density at radius 3 is 2.53 bits per heavy atom. The van der Waals surface area contributed by atoms with Crippen molar-refractivity contribution in [3.63, 3.8) is 0 Å². The second kappa shape index (κ2) is 5.50. The summed E-state index contributed by atoms with van der Waals surface area (Å²) in [5, 5.41) is 2.97. The number of hydrogen-bond donors (Lipinski definition) is 2. The number of carbonyl (C=O) groups is 1. The predicted molar refractivity (Wildman–Crippen MR) is 62.5 cm³/mol. The Hall–Kier alpha value is -0.570. The lowest BCUT2D eigenvalue weighted by atomic mass is 9.91. The maximum absolute atomic E-state index is 11.2. The average Bonchev–Trinajstić information content (AvgIpc) is 2.66. The molecule has 3 heteroatoms. The molecule has 0 aliphatic heterocycles. The van der Waals surface area contributed by atoms with Crippen molar-refractivity contribution in [1.82, 2.24) is 5.32 Å². The summed E-state index contributed by atoms with van der Waals surface area (Å²) in [5.74, 6) is 0.838. The minimum absolute atomic E-state index is 0.0496. The van der Waals surface area contributed by atoms with Gasteiger partial charge in [-0.15, -0.1) is 0 Å². The van der Waals surface area contributed by atoms with Crippen LogP contribution in [0.5, 0.6) is 0 Å². The van der Waals surface area contributed by atoms with E-state index in [2.05, 4.69) is 19.2 Å². The molecule has 1 saturated carbocycles. The second-order valence-electron chi connectivity index (χ2n) is 5.33. The van der Waals surface area contributed by atoms with Crippen LogP contribution in [0.25, 0.3) is 0 Å². The Balaban J connectivity index is 2.25. The lowest BCUT2D eigenvalue weighted by Crippen LogP contribution is -2.46. The number of rotatable bonds is 5. The zero-order valence-corrected chi connectivity index (χ0v) is 10.0. The smallest absolute Gasteiger partial charge is 0.234 e. The largest absolute Gasteiger partial charge is 0.350 e. The van der Waals surface area contributed by atoms with Crippen molar-refractivity contribution in [2.45, 2.75) is 57.9 Å². The van der Waals surface area contributed by atoms with Gasteiger partial charge in [0.2, 0.25) is 5.91 Å². The van der Waals surface area contributed by atoms with Crippen LogP contribution < -0.4 is 11.1 Å². The van der Waals surface area contributed by atoms with Gasteiger partial charge in [0.15, 0.2) is 0 Å². The van der Waals surface area contributed by atoms with E-state index in [9.17, 15) is 4.79 Å². The topological polar surface area (TPSA) is 55.1 Å². The minimum Gasteiger partial charge on any atom is -0.350 e. The van der Waals surface area contributed by atoms with Crippen molar-refractivity contribution in [3.05, 3.63) is 0 Å². The normalized spacial score (nSPS) is 18.1.